The Labute approximate surface area is 82.7 Å². The average molecular weight is 198 g/mol. The first kappa shape index (κ1) is 10.1. The van der Waals surface area contributed by atoms with E-state index in [1.165, 1.54) is 0 Å². The Bertz CT molecular complexity index is 323. The fourth-order valence-electron chi connectivity index (χ4n) is 1.35. The van der Waals surface area contributed by atoms with Crippen LogP contribution < -0.4 is 5.73 Å². The molecule has 2 nitrogen and oxygen atoms in total. The van der Waals surface area contributed by atoms with Crippen LogP contribution in [0.5, 0.6) is 0 Å². The van der Waals surface area contributed by atoms with Crippen LogP contribution in [0.15, 0.2) is 18.2 Å². The van der Waals surface area contributed by atoms with Gasteiger partial charge in [-0.05, 0) is 23.6 Å². The second-order valence-corrected chi connectivity index (χ2v) is 3.28. The van der Waals surface area contributed by atoms with Crippen molar-refractivity contribution in [1.29, 1.82) is 0 Å². The molecule has 70 valence electrons. The van der Waals surface area contributed by atoms with Crippen molar-refractivity contribution in [3.8, 4) is 0 Å². The maximum atomic E-state index is 10.7. The van der Waals surface area contributed by atoms with Gasteiger partial charge in [0.15, 0.2) is 0 Å². The average Bonchev–Trinajstić information content (AvgIpc) is 2.03. The molecule has 0 aliphatic heterocycles. The molecule has 0 unspecified atom stereocenters. The SMILES string of the molecule is CCc1c(Cl)cccc1CC(N)=O. The topological polar surface area (TPSA) is 43.1 Å². The lowest BCUT2D eigenvalue weighted by Gasteiger charge is -2.07. The highest BCUT2D eigenvalue weighted by molar-refractivity contribution is 6.31. The van der Waals surface area contributed by atoms with Crippen molar-refractivity contribution in [2.24, 2.45) is 5.73 Å². The van der Waals surface area contributed by atoms with Crippen LogP contribution in [0.2, 0.25) is 5.02 Å². The summed E-state index contributed by atoms with van der Waals surface area (Å²) < 4.78 is 0. The van der Waals surface area contributed by atoms with Crippen molar-refractivity contribution < 1.29 is 4.79 Å². The molecule has 0 fully saturated rings. The van der Waals surface area contributed by atoms with Gasteiger partial charge in [-0.3, -0.25) is 4.79 Å². The lowest BCUT2D eigenvalue weighted by molar-refractivity contribution is -0.117. The van der Waals surface area contributed by atoms with E-state index >= 15 is 0 Å². The van der Waals surface area contributed by atoms with Crippen LogP contribution >= 0.6 is 11.6 Å². The summed E-state index contributed by atoms with van der Waals surface area (Å²) in [5.41, 5.74) is 7.07. The van der Waals surface area contributed by atoms with Gasteiger partial charge in [-0.25, -0.2) is 0 Å². The molecule has 0 spiro atoms. The van der Waals surface area contributed by atoms with E-state index in [1.807, 2.05) is 25.1 Å². The summed E-state index contributed by atoms with van der Waals surface area (Å²) in [5.74, 6) is -0.322. The molecule has 1 aromatic rings. The minimum atomic E-state index is -0.322. The summed E-state index contributed by atoms with van der Waals surface area (Å²) in [6.45, 7) is 2.01. The van der Waals surface area contributed by atoms with Gasteiger partial charge < -0.3 is 5.73 Å². The summed E-state index contributed by atoms with van der Waals surface area (Å²) >= 11 is 5.96. The zero-order chi connectivity index (χ0) is 9.84. The molecule has 0 heterocycles. The van der Waals surface area contributed by atoms with E-state index in [1.54, 1.807) is 0 Å². The Kier molecular flexibility index (Phi) is 3.32. The fourth-order valence-corrected chi connectivity index (χ4v) is 1.68. The molecule has 1 amide bonds. The lowest BCUT2D eigenvalue weighted by atomic mass is 10.0. The molecule has 3 heteroatoms. The largest absolute Gasteiger partial charge is 0.369 e. The minimum absolute atomic E-state index is 0.268. The number of amides is 1. The van der Waals surface area contributed by atoms with Crippen LogP contribution in [-0.4, -0.2) is 5.91 Å². The number of carbonyl (C=O) groups excluding carboxylic acids is 1. The van der Waals surface area contributed by atoms with Gasteiger partial charge in [0.05, 0.1) is 6.42 Å². The molecule has 2 N–H and O–H groups in total. The molecule has 0 saturated heterocycles. The Balaban J connectivity index is 3.05. The number of carbonyl (C=O) groups is 1. The van der Waals surface area contributed by atoms with Gasteiger partial charge in [-0.2, -0.15) is 0 Å². The molecule has 1 aromatic carbocycles. The third-order valence-electron chi connectivity index (χ3n) is 1.93. The van der Waals surface area contributed by atoms with E-state index in [0.717, 1.165) is 17.5 Å². The van der Waals surface area contributed by atoms with Gasteiger partial charge >= 0.3 is 0 Å². The molecule has 0 saturated carbocycles. The first-order chi connectivity index (χ1) is 6.15. The van der Waals surface area contributed by atoms with Gasteiger partial charge in [0.2, 0.25) is 5.91 Å². The third kappa shape index (κ3) is 2.46. The Morgan fingerprint density at radius 3 is 2.77 bits per heavy atom. The first-order valence-electron chi connectivity index (χ1n) is 4.19. The third-order valence-corrected chi connectivity index (χ3v) is 2.29. The van der Waals surface area contributed by atoms with Gasteiger partial charge in [-0.1, -0.05) is 30.7 Å². The Morgan fingerprint density at radius 1 is 1.54 bits per heavy atom. The second-order valence-electron chi connectivity index (χ2n) is 2.87. The number of primary amides is 1. The van der Waals surface area contributed by atoms with E-state index in [0.29, 0.717) is 5.02 Å². The van der Waals surface area contributed by atoms with Crippen LogP contribution in [-0.2, 0) is 17.6 Å². The van der Waals surface area contributed by atoms with E-state index in [2.05, 4.69) is 0 Å². The van der Waals surface area contributed by atoms with Crippen molar-refractivity contribution in [2.75, 3.05) is 0 Å². The number of rotatable bonds is 3. The van der Waals surface area contributed by atoms with Crippen molar-refractivity contribution in [3.63, 3.8) is 0 Å². The van der Waals surface area contributed by atoms with E-state index in [4.69, 9.17) is 17.3 Å². The molecule has 0 bridgehead atoms. The molecule has 0 radical (unpaired) electrons. The molecular formula is C10H12ClNO. The van der Waals surface area contributed by atoms with Crippen LogP contribution in [0.25, 0.3) is 0 Å². The highest BCUT2D eigenvalue weighted by Crippen LogP contribution is 2.20. The molecule has 0 atom stereocenters. The summed E-state index contributed by atoms with van der Waals surface area (Å²) in [6, 6.07) is 5.54. The normalized spacial score (nSPS) is 10.0. The molecule has 13 heavy (non-hydrogen) atoms. The molecule has 0 aliphatic rings. The van der Waals surface area contributed by atoms with Crippen molar-refractivity contribution >= 4 is 17.5 Å². The summed E-state index contributed by atoms with van der Waals surface area (Å²) in [4.78, 5) is 10.7. The van der Waals surface area contributed by atoms with Crippen LogP contribution in [0.4, 0.5) is 0 Å². The minimum Gasteiger partial charge on any atom is -0.369 e. The van der Waals surface area contributed by atoms with E-state index in [9.17, 15) is 4.79 Å². The smallest absolute Gasteiger partial charge is 0.221 e. The van der Waals surface area contributed by atoms with Crippen molar-refractivity contribution in [1.82, 2.24) is 0 Å². The molecular weight excluding hydrogens is 186 g/mol. The predicted octanol–water partition coefficient (Wildman–Crippen LogP) is 1.93. The monoisotopic (exact) mass is 197 g/mol. The first-order valence-corrected chi connectivity index (χ1v) is 4.57. The van der Waals surface area contributed by atoms with Gasteiger partial charge in [0.25, 0.3) is 0 Å². The van der Waals surface area contributed by atoms with Crippen LogP contribution in [0.3, 0.4) is 0 Å². The lowest BCUT2D eigenvalue weighted by Crippen LogP contribution is -2.14. The second kappa shape index (κ2) is 4.28. The maximum absolute atomic E-state index is 10.7. The van der Waals surface area contributed by atoms with Crippen molar-refractivity contribution in [2.45, 2.75) is 19.8 Å². The van der Waals surface area contributed by atoms with E-state index in [-0.39, 0.29) is 12.3 Å². The van der Waals surface area contributed by atoms with Gasteiger partial charge in [0.1, 0.15) is 0 Å². The number of hydrogen-bond acceptors (Lipinski definition) is 1. The quantitative estimate of drug-likeness (QED) is 0.791. The Hall–Kier alpha value is -1.02. The number of hydrogen-bond donors (Lipinski definition) is 1. The van der Waals surface area contributed by atoms with Crippen LogP contribution in [0, 0.1) is 0 Å². The number of benzene rings is 1. The summed E-state index contributed by atoms with van der Waals surface area (Å²) in [7, 11) is 0. The standard InChI is InChI=1S/C10H12ClNO/c1-2-8-7(6-10(12)13)4-3-5-9(8)11/h3-5H,2,6H2,1H3,(H2,12,13). The fraction of sp³-hybridized carbons (Fsp3) is 0.300. The highest BCUT2D eigenvalue weighted by atomic mass is 35.5. The van der Waals surface area contributed by atoms with Crippen LogP contribution in [0.1, 0.15) is 18.1 Å². The van der Waals surface area contributed by atoms with E-state index < -0.39 is 0 Å². The van der Waals surface area contributed by atoms with Gasteiger partial charge in [-0.15, -0.1) is 0 Å². The maximum Gasteiger partial charge on any atom is 0.221 e. The number of halogens is 1. The zero-order valence-electron chi connectivity index (χ0n) is 7.51. The molecule has 0 aromatic heterocycles. The summed E-state index contributed by atoms with van der Waals surface area (Å²) in [6.07, 6.45) is 1.09. The van der Waals surface area contributed by atoms with Crippen molar-refractivity contribution in [3.05, 3.63) is 34.3 Å². The molecule has 0 aliphatic carbocycles. The predicted molar refractivity (Wildman–Crippen MR) is 53.7 cm³/mol. The summed E-state index contributed by atoms with van der Waals surface area (Å²) in [5, 5.41) is 0.709. The highest BCUT2D eigenvalue weighted by Gasteiger charge is 2.06. The zero-order valence-corrected chi connectivity index (χ0v) is 8.27. The van der Waals surface area contributed by atoms with Gasteiger partial charge in [0, 0.05) is 5.02 Å². The molecule has 1 rings (SSSR count). The number of nitrogens with two attached hydrogens (primary N) is 1. The Morgan fingerprint density at radius 2 is 2.23 bits per heavy atom.